The molecule has 146 valence electrons. The van der Waals surface area contributed by atoms with E-state index >= 15 is 0 Å². The van der Waals surface area contributed by atoms with E-state index in [0.717, 1.165) is 6.07 Å². The number of nitrogens with one attached hydrogen (secondary N) is 1. The Morgan fingerprint density at radius 2 is 1.69 bits per heavy atom. The van der Waals surface area contributed by atoms with Gasteiger partial charge in [-0.25, -0.2) is 5.48 Å². The highest BCUT2D eigenvalue weighted by molar-refractivity contribution is 6.04. The third kappa shape index (κ3) is 3.34. The van der Waals surface area contributed by atoms with Crippen molar-refractivity contribution in [2.75, 3.05) is 0 Å². The third-order valence-corrected chi connectivity index (χ3v) is 4.47. The Kier molecular flexibility index (Phi) is 4.56. The zero-order chi connectivity index (χ0) is 20.6. The minimum atomic E-state index is -4.66. The molecule has 29 heavy (non-hydrogen) atoms. The maximum atomic E-state index is 13.7. The molecule has 0 unspecified atom stereocenters. The first-order chi connectivity index (χ1) is 13.9. The molecule has 4 rings (SSSR count). The molecule has 0 aliphatic carbocycles. The summed E-state index contributed by atoms with van der Waals surface area (Å²) in [5, 5.41) is 9.01. The highest BCUT2D eigenvalue weighted by atomic mass is 19.4. The van der Waals surface area contributed by atoms with Crippen molar-refractivity contribution in [2.24, 2.45) is 4.99 Å². The number of hydrogen-bond acceptors (Lipinski definition) is 4. The number of carbonyl (C=O) groups excluding carboxylic acids is 1. The first-order valence-corrected chi connectivity index (χ1v) is 8.49. The number of hydrogen-bond donors (Lipinski definition) is 2. The predicted molar refractivity (Wildman–Crippen MR) is 99.9 cm³/mol. The largest absolute Gasteiger partial charge is 0.454 e. The van der Waals surface area contributed by atoms with E-state index < -0.39 is 23.4 Å². The van der Waals surface area contributed by atoms with Gasteiger partial charge in [-0.15, -0.1) is 0 Å². The van der Waals surface area contributed by atoms with Crippen LogP contribution in [0.3, 0.4) is 0 Å². The fourth-order valence-corrected chi connectivity index (χ4v) is 3.17. The first-order valence-electron chi connectivity index (χ1n) is 8.49. The second-order valence-electron chi connectivity index (χ2n) is 6.22. The van der Waals surface area contributed by atoms with E-state index in [2.05, 4.69) is 4.99 Å². The molecule has 8 heteroatoms. The van der Waals surface area contributed by atoms with Crippen molar-refractivity contribution in [1.29, 1.82) is 0 Å². The Morgan fingerprint density at radius 3 is 2.45 bits per heavy atom. The fraction of sp³-hybridized carbons (Fsp3) is 0.0476. The number of amides is 1. The van der Waals surface area contributed by atoms with Crippen molar-refractivity contribution in [2.45, 2.75) is 6.18 Å². The summed E-state index contributed by atoms with van der Waals surface area (Å²) in [6.45, 7) is 0. The SMILES string of the molecule is O=C(NO)c1ccccc1-c1ccc(C(F)(F)F)c2c1C=Nc1ccccc1O2. The molecular formula is C21H13F3N2O3. The van der Waals surface area contributed by atoms with E-state index in [1.54, 1.807) is 41.9 Å². The van der Waals surface area contributed by atoms with Gasteiger partial charge in [0, 0.05) is 17.3 Å². The average molecular weight is 398 g/mol. The van der Waals surface area contributed by atoms with E-state index in [9.17, 15) is 18.0 Å². The van der Waals surface area contributed by atoms with Crippen molar-refractivity contribution < 1.29 is 27.9 Å². The average Bonchev–Trinajstić information content (AvgIpc) is 2.91. The molecule has 2 N–H and O–H groups in total. The molecule has 1 amide bonds. The van der Waals surface area contributed by atoms with Gasteiger partial charge in [0.15, 0.2) is 5.75 Å². The third-order valence-electron chi connectivity index (χ3n) is 4.47. The van der Waals surface area contributed by atoms with Crippen LogP contribution in [-0.4, -0.2) is 17.3 Å². The lowest BCUT2D eigenvalue weighted by molar-refractivity contribution is -0.138. The predicted octanol–water partition coefficient (Wildman–Crippen LogP) is 5.35. The van der Waals surface area contributed by atoms with Gasteiger partial charge in [-0.05, 0) is 35.4 Å². The van der Waals surface area contributed by atoms with Crippen LogP contribution in [-0.2, 0) is 6.18 Å². The van der Waals surface area contributed by atoms with Crippen LogP contribution in [0.2, 0.25) is 0 Å². The van der Waals surface area contributed by atoms with E-state index in [1.165, 1.54) is 24.4 Å². The van der Waals surface area contributed by atoms with E-state index in [4.69, 9.17) is 9.94 Å². The van der Waals surface area contributed by atoms with E-state index in [0.29, 0.717) is 16.8 Å². The van der Waals surface area contributed by atoms with Gasteiger partial charge in [-0.2, -0.15) is 13.2 Å². The normalized spacial score (nSPS) is 12.4. The molecule has 3 aromatic rings. The second-order valence-corrected chi connectivity index (χ2v) is 6.22. The maximum absolute atomic E-state index is 13.7. The number of alkyl halides is 3. The minimum absolute atomic E-state index is 0.0780. The summed E-state index contributed by atoms with van der Waals surface area (Å²) >= 11 is 0. The standard InChI is InChI=1S/C21H13F3N2O3/c22-21(23,24)16-10-9-13(12-5-1-2-6-14(12)20(27)26-28)15-11-25-17-7-3-4-8-18(17)29-19(15)16/h1-11,28H,(H,26,27). The van der Waals surface area contributed by atoms with E-state index in [-0.39, 0.29) is 16.9 Å². The second kappa shape index (κ2) is 7.06. The van der Waals surface area contributed by atoms with Crippen LogP contribution in [0.1, 0.15) is 21.5 Å². The van der Waals surface area contributed by atoms with Gasteiger partial charge in [0.2, 0.25) is 0 Å². The number of rotatable bonds is 2. The van der Waals surface area contributed by atoms with Crippen LogP contribution >= 0.6 is 0 Å². The highest BCUT2D eigenvalue weighted by Gasteiger charge is 2.37. The molecule has 0 bridgehead atoms. The van der Waals surface area contributed by atoms with Crippen LogP contribution in [0.4, 0.5) is 18.9 Å². The van der Waals surface area contributed by atoms with Gasteiger partial charge in [0.25, 0.3) is 5.91 Å². The van der Waals surface area contributed by atoms with Crippen LogP contribution in [0.5, 0.6) is 11.5 Å². The monoisotopic (exact) mass is 398 g/mol. The molecule has 0 fully saturated rings. The lowest BCUT2D eigenvalue weighted by Crippen LogP contribution is -2.19. The molecule has 0 aromatic heterocycles. The molecule has 1 aliphatic heterocycles. The molecule has 0 saturated carbocycles. The number of fused-ring (bicyclic) bond motifs is 2. The molecule has 0 saturated heterocycles. The minimum Gasteiger partial charge on any atom is -0.454 e. The van der Waals surface area contributed by atoms with Gasteiger partial charge in [0.05, 0.1) is 5.56 Å². The van der Waals surface area contributed by atoms with Crippen LogP contribution < -0.4 is 10.2 Å². The van der Waals surface area contributed by atoms with Crippen LogP contribution in [0.25, 0.3) is 11.1 Å². The lowest BCUT2D eigenvalue weighted by atomic mass is 9.93. The summed E-state index contributed by atoms with van der Waals surface area (Å²) < 4.78 is 46.6. The van der Waals surface area contributed by atoms with Crippen molar-refractivity contribution >= 4 is 17.8 Å². The Balaban J connectivity index is 2.01. The number of carbonyl (C=O) groups is 1. The highest BCUT2D eigenvalue weighted by Crippen LogP contribution is 2.46. The summed E-state index contributed by atoms with van der Waals surface area (Å²) in [5.74, 6) is -1.00. The van der Waals surface area contributed by atoms with Crippen LogP contribution in [0, 0.1) is 0 Å². The van der Waals surface area contributed by atoms with Gasteiger partial charge < -0.3 is 4.74 Å². The Labute approximate surface area is 163 Å². The molecule has 1 aliphatic rings. The Hall–Kier alpha value is -3.65. The zero-order valence-corrected chi connectivity index (χ0v) is 14.7. The van der Waals surface area contributed by atoms with E-state index in [1.807, 2.05) is 0 Å². The number of benzene rings is 3. The zero-order valence-electron chi connectivity index (χ0n) is 14.7. The summed E-state index contributed by atoms with van der Waals surface area (Å²) in [4.78, 5) is 16.3. The molecule has 3 aromatic carbocycles. The quantitative estimate of drug-likeness (QED) is 0.353. The smallest absolute Gasteiger partial charge is 0.420 e. The summed E-state index contributed by atoms with van der Waals surface area (Å²) in [5.41, 5.74) is 1.77. The van der Waals surface area contributed by atoms with Crippen molar-refractivity contribution in [3.63, 3.8) is 0 Å². The topological polar surface area (TPSA) is 70.9 Å². The number of ether oxygens (including phenoxy) is 1. The Bertz CT molecular complexity index is 1140. The summed E-state index contributed by atoms with van der Waals surface area (Å²) in [7, 11) is 0. The molecule has 0 atom stereocenters. The molecule has 0 spiro atoms. The molecule has 1 heterocycles. The lowest BCUT2D eigenvalue weighted by Gasteiger charge is -2.18. The van der Waals surface area contributed by atoms with Gasteiger partial charge >= 0.3 is 6.18 Å². The number of hydroxylamine groups is 1. The van der Waals surface area contributed by atoms with Crippen molar-refractivity contribution in [3.05, 3.63) is 77.4 Å². The maximum Gasteiger partial charge on any atom is 0.420 e. The number of halogens is 3. The van der Waals surface area contributed by atoms with Gasteiger partial charge in [0.1, 0.15) is 11.4 Å². The van der Waals surface area contributed by atoms with Crippen molar-refractivity contribution in [1.82, 2.24) is 5.48 Å². The first kappa shape index (κ1) is 18.7. The Morgan fingerprint density at radius 1 is 0.966 bits per heavy atom. The fourth-order valence-electron chi connectivity index (χ4n) is 3.17. The number of aliphatic imine (C=N–C) groups is 1. The van der Waals surface area contributed by atoms with Crippen LogP contribution in [0.15, 0.2) is 65.7 Å². The summed E-state index contributed by atoms with van der Waals surface area (Å²) in [6, 6.07) is 14.9. The van der Waals surface area contributed by atoms with Gasteiger partial charge in [-0.1, -0.05) is 36.4 Å². The van der Waals surface area contributed by atoms with Gasteiger partial charge in [-0.3, -0.25) is 15.0 Å². The summed E-state index contributed by atoms with van der Waals surface area (Å²) in [6.07, 6.45) is -3.36. The molecule has 0 radical (unpaired) electrons. The molecular weight excluding hydrogens is 385 g/mol. The van der Waals surface area contributed by atoms with Crippen molar-refractivity contribution in [3.8, 4) is 22.6 Å². The number of nitrogens with zero attached hydrogens (tertiary/aromatic N) is 1. The number of para-hydroxylation sites is 2. The molecule has 5 nitrogen and oxygen atoms in total.